The minimum absolute atomic E-state index is 0.457. The van der Waals surface area contributed by atoms with E-state index in [1.165, 1.54) is 0 Å². The Morgan fingerprint density at radius 2 is 1.35 bits per heavy atom. The van der Waals surface area contributed by atoms with Crippen LogP contribution < -0.4 is 0 Å². The van der Waals surface area contributed by atoms with Crippen LogP contribution in [0, 0.1) is 0 Å². The summed E-state index contributed by atoms with van der Waals surface area (Å²) in [6.07, 6.45) is 0. The highest BCUT2D eigenvalue weighted by atomic mass is 35.5. The fourth-order valence-corrected chi connectivity index (χ4v) is 2.42. The van der Waals surface area contributed by atoms with Gasteiger partial charge in [0.1, 0.15) is 0 Å². The summed E-state index contributed by atoms with van der Waals surface area (Å²) >= 11 is 26.4. The maximum atomic E-state index is 6.01. The molecule has 5 heteroatoms. The van der Waals surface area contributed by atoms with Crippen LogP contribution in [0.4, 0.5) is 0 Å². The first-order chi connectivity index (χ1) is 7.99. The molecule has 0 heterocycles. The van der Waals surface area contributed by atoms with Crippen LogP contribution in [0.15, 0.2) is 40.1 Å². The summed E-state index contributed by atoms with van der Waals surface area (Å²) in [5.41, 5.74) is 1.89. The molecule has 0 spiro atoms. The second kappa shape index (κ2) is 5.33. The van der Waals surface area contributed by atoms with Gasteiger partial charge >= 0.3 is 0 Å². The van der Waals surface area contributed by atoms with Crippen molar-refractivity contribution in [3.8, 4) is 11.1 Å². The van der Waals surface area contributed by atoms with Gasteiger partial charge in [0.2, 0.25) is 0 Å². The molecule has 0 nitrogen and oxygen atoms in total. The zero-order chi connectivity index (χ0) is 12.6. The molecule has 0 atom stereocenters. The molecular formula is C12H7Cl3S2. The third-order valence-corrected chi connectivity index (χ3v) is 4.41. The molecule has 0 aliphatic carbocycles. The number of thiol groups is 2. The van der Waals surface area contributed by atoms with E-state index in [0.717, 1.165) is 16.0 Å². The lowest BCUT2D eigenvalue weighted by molar-refractivity contribution is 1.43. The van der Waals surface area contributed by atoms with Crippen LogP contribution in [0.5, 0.6) is 0 Å². The molecule has 0 amide bonds. The Hall–Kier alpha value is 0.01000. The van der Waals surface area contributed by atoms with Crippen molar-refractivity contribution in [2.24, 2.45) is 0 Å². The fraction of sp³-hybridized carbons (Fsp3) is 0. The number of hydrogen-bond donors (Lipinski definition) is 2. The predicted octanol–water partition coefficient (Wildman–Crippen LogP) is 5.89. The highest BCUT2D eigenvalue weighted by Gasteiger charge is 2.07. The molecule has 0 aliphatic heterocycles. The molecule has 2 aromatic carbocycles. The van der Waals surface area contributed by atoms with Crippen molar-refractivity contribution < 1.29 is 0 Å². The van der Waals surface area contributed by atoms with Crippen molar-refractivity contribution in [2.75, 3.05) is 0 Å². The van der Waals surface area contributed by atoms with Gasteiger partial charge < -0.3 is 0 Å². The third-order valence-electron chi connectivity index (χ3n) is 2.29. The molecule has 0 unspecified atom stereocenters. The molecule has 0 bridgehead atoms. The number of halogens is 3. The Bertz CT molecular complexity index is 559. The topological polar surface area (TPSA) is 0 Å². The summed E-state index contributed by atoms with van der Waals surface area (Å²) in [4.78, 5) is 1.36. The molecule has 0 saturated carbocycles. The average Bonchev–Trinajstić information content (AvgIpc) is 2.29. The largest absolute Gasteiger partial charge is 0.142 e. The maximum Gasteiger partial charge on any atom is 0.0725 e. The van der Waals surface area contributed by atoms with E-state index in [0.29, 0.717) is 20.0 Å². The van der Waals surface area contributed by atoms with Crippen LogP contribution in [0.3, 0.4) is 0 Å². The monoisotopic (exact) mass is 320 g/mol. The number of benzene rings is 2. The molecule has 0 saturated heterocycles. The van der Waals surface area contributed by atoms with E-state index in [1.807, 2.05) is 18.2 Å². The summed E-state index contributed by atoms with van der Waals surface area (Å²) in [7, 11) is 0. The quantitative estimate of drug-likeness (QED) is 0.601. The molecule has 0 aromatic heterocycles. The van der Waals surface area contributed by atoms with E-state index >= 15 is 0 Å². The number of rotatable bonds is 1. The molecule has 0 N–H and O–H groups in total. The van der Waals surface area contributed by atoms with Crippen molar-refractivity contribution in [1.82, 2.24) is 0 Å². The minimum Gasteiger partial charge on any atom is -0.142 e. The summed E-state index contributed by atoms with van der Waals surface area (Å²) in [6, 6.07) is 9.21. The van der Waals surface area contributed by atoms with Crippen molar-refractivity contribution in [3.05, 3.63) is 45.4 Å². The predicted molar refractivity (Wildman–Crippen MR) is 81.4 cm³/mol. The van der Waals surface area contributed by atoms with Gasteiger partial charge in [-0.3, -0.25) is 0 Å². The lowest BCUT2D eigenvalue weighted by Crippen LogP contribution is -1.82. The van der Waals surface area contributed by atoms with Crippen LogP contribution in [0.25, 0.3) is 11.1 Å². The highest BCUT2D eigenvalue weighted by molar-refractivity contribution is 7.80. The van der Waals surface area contributed by atoms with Gasteiger partial charge in [-0.15, -0.1) is 25.3 Å². The van der Waals surface area contributed by atoms with Crippen LogP contribution >= 0.6 is 60.1 Å². The van der Waals surface area contributed by atoms with Crippen molar-refractivity contribution >= 4 is 60.1 Å². The second-order valence-electron chi connectivity index (χ2n) is 3.46. The fourth-order valence-electron chi connectivity index (χ4n) is 1.43. The third kappa shape index (κ3) is 2.88. The van der Waals surface area contributed by atoms with E-state index in [9.17, 15) is 0 Å². The van der Waals surface area contributed by atoms with E-state index in [2.05, 4.69) is 25.3 Å². The second-order valence-corrected chi connectivity index (χ2v) is 5.61. The van der Waals surface area contributed by atoms with Gasteiger partial charge in [0.25, 0.3) is 0 Å². The van der Waals surface area contributed by atoms with E-state index in [4.69, 9.17) is 34.8 Å². The molecule has 0 fully saturated rings. The highest BCUT2D eigenvalue weighted by Crippen LogP contribution is 2.35. The van der Waals surface area contributed by atoms with E-state index < -0.39 is 0 Å². The van der Waals surface area contributed by atoms with Crippen LogP contribution in [-0.2, 0) is 0 Å². The lowest BCUT2D eigenvalue weighted by atomic mass is 10.1. The molecule has 88 valence electrons. The van der Waals surface area contributed by atoms with Gasteiger partial charge in [-0.05, 0) is 35.4 Å². The SMILES string of the molecule is Sc1cc(-c2cc(S)c(Cl)c(Cl)c2)ccc1Cl. The lowest BCUT2D eigenvalue weighted by Gasteiger charge is -2.07. The first kappa shape index (κ1) is 13.4. The van der Waals surface area contributed by atoms with Gasteiger partial charge in [-0.1, -0.05) is 40.9 Å². The molecular weight excluding hydrogens is 315 g/mol. The maximum absolute atomic E-state index is 6.01. The zero-order valence-corrected chi connectivity index (χ0v) is 12.5. The van der Waals surface area contributed by atoms with Crippen molar-refractivity contribution in [3.63, 3.8) is 0 Å². The zero-order valence-electron chi connectivity index (χ0n) is 8.42. The van der Waals surface area contributed by atoms with Gasteiger partial charge in [-0.2, -0.15) is 0 Å². The van der Waals surface area contributed by atoms with E-state index in [1.54, 1.807) is 12.1 Å². The Morgan fingerprint density at radius 1 is 0.706 bits per heavy atom. The Kier molecular flexibility index (Phi) is 4.22. The normalized spacial score (nSPS) is 10.6. The molecule has 2 rings (SSSR count). The van der Waals surface area contributed by atoms with Crippen molar-refractivity contribution in [1.29, 1.82) is 0 Å². The molecule has 0 aliphatic rings. The van der Waals surface area contributed by atoms with Gasteiger partial charge in [0.15, 0.2) is 0 Å². The smallest absolute Gasteiger partial charge is 0.0725 e. The minimum atomic E-state index is 0.457. The Labute approximate surface area is 126 Å². The van der Waals surface area contributed by atoms with E-state index in [-0.39, 0.29) is 0 Å². The number of hydrogen-bond acceptors (Lipinski definition) is 2. The van der Waals surface area contributed by atoms with Gasteiger partial charge in [0.05, 0.1) is 15.1 Å². The summed E-state index contributed by atoms with van der Waals surface area (Å²) < 4.78 is 0. The summed E-state index contributed by atoms with van der Waals surface area (Å²) in [5, 5.41) is 1.55. The van der Waals surface area contributed by atoms with Gasteiger partial charge in [-0.25, -0.2) is 0 Å². The van der Waals surface area contributed by atoms with Gasteiger partial charge in [0, 0.05) is 9.79 Å². The molecule has 17 heavy (non-hydrogen) atoms. The summed E-state index contributed by atoms with van der Waals surface area (Å²) in [6.45, 7) is 0. The standard InChI is InChI=1S/C12H7Cl3S2/c13-8-2-1-6(4-10(8)16)7-3-9(14)12(15)11(17)5-7/h1-5,16-17H. The van der Waals surface area contributed by atoms with Crippen LogP contribution in [0.1, 0.15) is 0 Å². The molecule has 0 radical (unpaired) electrons. The van der Waals surface area contributed by atoms with Crippen molar-refractivity contribution in [2.45, 2.75) is 9.79 Å². The summed E-state index contributed by atoms with van der Waals surface area (Å²) in [5.74, 6) is 0. The first-order valence-corrected chi connectivity index (χ1v) is 6.69. The molecule has 2 aromatic rings. The Morgan fingerprint density at radius 3 is 1.94 bits per heavy atom. The first-order valence-electron chi connectivity index (χ1n) is 4.66. The Balaban J connectivity index is 2.57. The van der Waals surface area contributed by atoms with Crippen LogP contribution in [0.2, 0.25) is 15.1 Å². The average molecular weight is 322 g/mol. The van der Waals surface area contributed by atoms with Crippen LogP contribution in [-0.4, -0.2) is 0 Å².